The molecule has 5 heteroatoms. The Hall–Kier alpha value is -0.710. The van der Waals surface area contributed by atoms with Crippen molar-refractivity contribution < 1.29 is 13.9 Å². The fraction of sp³-hybridized carbons (Fsp3) is 0.400. The molecule has 0 aromatic heterocycles. The van der Waals surface area contributed by atoms with E-state index in [4.69, 9.17) is 22.4 Å². The zero-order valence-corrected chi connectivity index (χ0v) is 8.77. The average Bonchev–Trinajstić information content (AvgIpc) is 2.21. The lowest BCUT2D eigenvalue weighted by Crippen LogP contribution is -2.15. The maximum Gasteiger partial charge on any atom is 0.149 e. The molecule has 1 aromatic carbocycles. The number of halogens is 3. The highest BCUT2D eigenvalue weighted by Crippen LogP contribution is 2.27. The van der Waals surface area contributed by atoms with Gasteiger partial charge < -0.3 is 10.8 Å². The maximum atomic E-state index is 13.4. The van der Waals surface area contributed by atoms with Gasteiger partial charge in [-0.05, 0) is 25.0 Å². The molecule has 15 heavy (non-hydrogen) atoms. The number of rotatable bonds is 4. The zero-order chi connectivity index (χ0) is 11.4. The molecule has 0 aliphatic heterocycles. The Labute approximate surface area is 91.7 Å². The minimum atomic E-state index is -0.817. The fourth-order valence-electron chi connectivity index (χ4n) is 1.34. The summed E-state index contributed by atoms with van der Waals surface area (Å²) in [6.45, 7) is -0.0580. The Morgan fingerprint density at radius 3 is 2.67 bits per heavy atom. The molecule has 1 aromatic rings. The average molecular weight is 236 g/mol. The van der Waals surface area contributed by atoms with Crippen LogP contribution in [0.4, 0.5) is 8.78 Å². The Balaban J connectivity index is 2.96. The Morgan fingerprint density at radius 2 is 2.07 bits per heavy atom. The highest BCUT2D eigenvalue weighted by molar-refractivity contribution is 6.30. The molecule has 0 bridgehead atoms. The molecule has 0 fully saturated rings. The van der Waals surface area contributed by atoms with Gasteiger partial charge in [0.05, 0.1) is 5.02 Å². The molecule has 0 saturated heterocycles. The molecule has 3 N–H and O–H groups in total. The largest absolute Gasteiger partial charge is 0.396 e. The summed E-state index contributed by atoms with van der Waals surface area (Å²) in [5.41, 5.74) is 5.39. The monoisotopic (exact) mass is 235 g/mol. The van der Waals surface area contributed by atoms with Gasteiger partial charge in [0, 0.05) is 18.2 Å². The number of hydrogen-bond donors (Lipinski definition) is 2. The van der Waals surface area contributed by atoms with Gasteiger partial charge in [-0.1, -0.05) is 11.6 Å². The van der Waals surface area contributed by atoms with E-state index in [9.17, 15) is 8.78 Å². The maximum absolute atomic E-state index is 13.4. The summed E-state index contributed by atoms with van der Waals surface area (Å²) < 4.78 is 26.7. The Kier molecular flexibility index (Phi) is 4.45. The number of hydrogen-bond acceptors (Lipinski definition) is 2. The number of aliphatic hydroxyl groups excluding tert-OH is 1. The first-order valence-electron chi connectivity index (χ1n) is 4.57. The predicted molar refractivity (Wildman–Crippen MR) is 54.6 cm³/mol. The van der Waals surface area contributed by atoms with Gasteiger partial charge in [0.1, 0.15) is 11.6 Å². The van der Waals surface area contributed by atoms with E-state index in [1.165, 1.54) is 0 Å². The van der Waals surface area contributed by atoms with E-state index in [1.807, 2.05) is 0 Å². The fourth-order valence-corrected chi connectivity index (χ4v) is 1.50. The van der Waals surface area contributed by atoms with Crippen LogP contribution < -0.4 is 5.73 Å². The van der Waals surface area contributed by atoms with Gasteiger partial charge in [-0.25, -0.2) is 8.78 Å². The molecule has 0 spiro atoms. The van der Waals surface area contributed by atoms with Gasteiger partial charge in [0.25, 0.3) is 0 Å². The summed E-state index contributed by atoms with van der Waals surface area (Å²) in [6.07, 6.45) is 0.706. The van der Waals surface area contributed by atoms with Crippen molar-refractivity contribution in [3.8, 4) is 0 Å². The van der Waals surface area contributed by atoms with Crippen LogP contribution in [0.15, 0.2) is 12.1 Å². The second-order valence-corrected chi connectivity index (χ2v) is 3.64. The predicted octanol–water partition coefficient (Wildman–Crippen LogP) is 2.39. The third kappa shape index (κ3) is 2.87. The third-order valence-electron chi connectivity index (χ3n) is 2.12. The van der Waals surface area contributed by atoms with Crippen LogP contribution in [0.2, 0.25) is 5.02 Å². The van der Waals surface area contributed by atoms with E-state index >= 15 is 0 Å². The second-order valence-electron chi connectivity index (χ2n) is 3.23. The van der Waals surface area contributed by atoms with Gasteiger partial charge in [-0.15, -0.1) is 0 Å². The molecular formula is C10H12ClF2NO. The zero-order valence-electron chi connectivity index (χ0n) is 8.01. The molecule has 0 radical (unpaired) electrons. The van der Waals surface area contributed by atoms with Crippen molar-refractivity contribution in [3.05, 3.63) is 34.4 Å². The molecular weight excluding hydrogens is 224 g/mol. The van der Waals surface area contributed by atoms with Crippen molar-refractivity contribution in [2.45, 2.75) is 18.9 Å². The topological polar surface area (TPSA) is 46.2 Å². The summed E-state index contributed by atoms with van der Waals surface area (Å²) in [4.78, 5) is 0. The van der Waals surface area contributed by atoms with Crippen molar-refractivity contribution in [2.24, 2.45) is 5.73 Å². The van der Waals surface area contributed by atoms with Crippen molar-refractivity contribution in [2.75, 3.05) is 6.61 Å². The first kappa shape index (κ1) is 12.4. The smallest absolute Gasteiger partial charge is 0.149 e. The number of nitrogens with two attached hydrogens (primary N) is 1. The van der Waals surface area contributed by atoms with E-state index in [-0.39, 0.29) is 17.2 Å². The van der Waals surface area contributed by atoms with Crippen LogP contribution in [0.3, 0.4) is 0 Å². The standard InChI is InChI=1S/C10H12ClF2NO/c11-6-3-4-7(12)9(10(6)13)8(14)2-1-5-15/h3-4,8,15H,1-2,5,14H2/t8-/m1/s1. The SMILES string of the molecule is N[C@H](CCCO)c1c(F)ccc(Cl)c1F. The van der Waals surface area contributed by atoms with E-state index in [0.717, 1.165) is 12.1 Å². The summed E-state index contributed by atoms with van der Waals surface area (Å²) in [6, 6.07) is 1.45. The normalized spacial score (nSPS) is 12.9. The van der Waals surface area contributed by atoms with Crippen molar-refractivity contribution in [3.63, 3.8) is 0 Å². The van der Waals surface area contributed by atoms with Crippen LogP contribution in [0.5, 0.6) is 0 Å². The summed E-state index contributed by atoms with van der Waals surface area (Å²) >= 11 is 5.52. The summed E-state index contributed by atoms with van der Waals surface area (Å²) in [5, 5.41) is 8.44. The second kappa shape index (κ2) is 5.39. The van der Waals surface area contributed by atoms with Gasteiger partial charge in [-0.3, -0.25) is 0 Å². The molecule has 1 rings (SSSR count). The molecule has 0 aliphatic rings. The molecule has 0 heterocycles. The van der Waals surface area contributed by atoms with E-state index < -0.39 is 17.7 Å². The molecule has 0 amide bonds. The van der Waals surface area contributed by atoms with Crippen LogP contribution in [0, 0.1) is 11.6 Å². The lowest BCUT2D eigenvalue weighted by Gasteiger charge is -2.13. The quantitative estimate of drug-likeness (QED) is 0.788. The first-order valence-corrected chi connectivity index (χ1v) is 4.95. The highest BCUT2D eigenvalue weighted by atomic mass is 35.5. The Bertz CT molecular complexity index is 346. The van der Waals surface area contributed by atoms with Crippen LogP contribution in [-0.2, 0) is 0 Å². The van der Waals surface area contributed by atoms with Gasteiger partial charge in [0.2, 0.25) is 0 Å². The minimum Gasteiger partial charge on any atom is -0.396 e. The Morgan fingerprint density at radius 1 is 1.40 bits per heavy atom. The molecule has 0 aliphatic carbocycles. The molecule has 1 atom stereocenters. The molecule has 84 valence electrons. The lowest BCUT2D eigenvalue weighted by atomic mass is 10.0. The van der Waals surface area contributed by atoms with Gasteiger partial charge in [0.15, 0.2) is 0 Å². The van der Waals surface area contributed by atoms with Crippen molar-refractivity contribution >= 4 is 11.6 Å². The molecule has 0 saturated carbocycles. The molecule has 2 nitrogen and oxygen atoms in total. The van der Waals surface area contributed by atoms with E-state index in [0.29, 0.717) is 12.8 Å². The van der Waals surface area contributed by atoms with E-state index in [1.54, 1.807) is 0 Å². The number of benzene rings is 1. The third-order valence-corrected chi connectivity index (χ3v) is 2.42. The summed E-state index contributed by atoms with van der Waals surface area (Å²) in [7, 11) is 0. The van der Waals surface area contributed by atoms with Crippen LogP contribution in [-0.4, -0.2) is 11.7 Å². The van der Waals surface area contributed by atoms with Crippen molar-refractivity contribution in [1.29, 1.82) is 0 Å². The lowest BCUT2D eigenvalue weighted by molar-refractivity contribution is 0.279. The highest BCUT2D eigenvalue weighted by Gasteiger charge is 2.18. The first-order chi connectivity index (χ1) is 7.07. The minimum absolute atomic E-state index is 0.0580. The van der Waals surface area contributed by atoms with E-state index in [2.05, 4.69) is 0 Å². The van der Waals surface area contributed by atoms with Gasteiger partial charge >= 0.3 is 0 Å². The van der Waals surface area contributed by atoms with Crippen LogP contribution >= 0.6 is 11.6 Å². The van der Waals surface area contributed by atoms with Crippen molar-refractivity contribution in [1.82, 2.24) is 0 Å². The van der Waals surface area contributed by atoms with Crippen LogP contribution in [0.25, 0.3) is 0 Å². The number of aliphatic hydroxyl groups is 1. The molecule has 0 unspecified atom stereocenters. The van der Waals surface area contributed by atoms with Gasteiger partial charge in [-0.2, -0.15) is 0 Å². The summed E-state index contributed by atoms with van der Waals surface area (Å²) in [5.74, 6) is -1.52. The van der Waals surface area contributed by atoms with Crippen LogP contribution in [0.1, 0.15) is 24.4 Å².